The minimum absolute atomic E-state index is 0.0278. The van der Waals surface area contributed by atoms with Crippen LogP contribution >= 0.6 is 0 Å². The van der Waals surface area contributed by atoms with Crippen LogP contribution in [-0.2, 0) is 4.74 Å². The van der Waals surface area contributed by atoms with Crippen LogP contribution in [-0.4, -0.2) is 29.3 Å². The molecule has 1 aromatic carbocycles. The van der Waals surface area contributed by atoms with Gasteiger partial charge in [0, 0.05) is 13.2 Å². The van der Waals surface area contributed by atoms with Gasteiger partial charge in [0.05, 0.1) is 5.56 Å². The Morgan fingerprint density at radius 3 is 2.29 bits per heavy atom. The van der Waals surface area contributed by atoms with Crippen LogP contribution < -0.4 is 0 Å². The Labute approximate surface area is 135 Å². The first-order valence-corrected chi connectivity index (χ1v) is 7.44. The van der Waals surface area contributed by atoms with Crippen LogP contribution in [0.3, 0.4) is 0 Å². The fourth-order valence-electron chi connectivity index (χ4n) is 2.82. The number of nitrogens with zero attached hydrogens (tertiary/aromatic N) is 1. The summed E-state index contributed by atoms with van der Waals surface area (Å²) in [5.74, 6) is -4.36. The lowest BCUT2D eigenvalue weighted by atomic mass is 9.90. The van der Waals surface area contributed by atoms with Gasteiger partial charge in [-0.1, -0.05) is 0 Å². The molecule has 0 amide bonds. The quantitative estimate of drug-likeness (QED) is 0.926. The lowest BCUT2D eigenvalue weighted by Crippen LogP contribution is -2.14. The molecule has 7 heteroatoms. The summed E-state index contributed by atoms with van der Waals surface area (Å²) in [6.45, 7) is 1.04. The highest BCUT2D eigenvalue weighted by Crippen LogP contribution is 2.33. The van der Waals surface area contributed by atoms with Crippen molar-refractivity contribution < 1.29 is 27.8 Å². The maximum absolute atomic E-state index is 14.4. The van der Waals surface area contributed by atoms with Gasteiger partial charge in [0.15, 0.2) is 0 Å². The lowest BCUT2D eigenvalue weighted by molar-refractivity contribution is 0.0690. The van der Waals surface area contributed by atoms with Gasteiger partial charge in [0.1, 0.15) is 28.8 Å². The minimum Gasteiger partial charge on any atom is -0.477 e. The minimum atomic E-state index is -1.41. The van der Waals surface area contributed by atoms with Gasteiger partial charge < -0.3 is 9.84 Å². The Bertz CT molecular complexity index is 766. The summed E-state index contributed by atoms with van der Waals surface area (Å²) < 4.78 is 48.0. The molecular formula is C17H14F3NO3. The summed E-state index contributed by atoms with van der Waals surface area (Å²) >= 11 is 0. The Balaban J connectivity index is 2.06. The smallest absolute Gasteiger partial charge is 0.354 e. The maximum Gasteiger partial charge on any atom is 0.354 e. The Hall–Kier alpha value is -2.41. The molecule has 0 radical (unpaired) electrons. The van der Waals surface area contributed by atoms with Crippen molar-refractivity contribution in [2.24, 2.45) is 0 Å². The summed E-state index contributed by atoms with van der Waals surface area (Å²) in [7, 11) is 0. The first kappa shape index (κ1) is 16.4. The average Bonchev–Trinajstić information content (AvgIpc) is 2.56. The van der Waals surface area contributed by atoms with Gasteiger partial charge in [-0.15, -0.1) is 0 Å². The van der Waals surface area contributed by atoms with E-state index in [2.05, 4.69) is 4.98 Å². The molecule has 0 spiro atoms. The summed E-state index contributed by atoms with van der Waals surface area (Å²) in [5.41, 5.74) is -1.32. The molecule has 2 heterocycles. The van der Waals surface area contributed by atoms with Gasteiger partial charge in [-0.05, 0) is 48.6 Å². The van der Waals surface area contributed by atoms with Crippen molar-refractivity contribution in [2.75, 3.05) is 13.2 Å². The fourth-order valence-corrected chi connectivity index (χ4v) is 2.82. The number of halogens is 3. The van der Waals surface area contributed by atoms with Crippen molar-refractivity contribution in [3.63, 3.8) is 0 Å². The van der Waals surface area contributed by atoms with Gasteiger partial charge in [0.25, 0.3) is 0 Å². The number of aromatic nitrogens is 1. The zero-order valence-electron chi connectivity index (χ0n) is 12.6. The van der Waals surface area contributed by atoms with E-state index in [4.69, 9.17) is 9.84 Å². The third-order valence-corrected chi connectivity index (χ3v) is 4.06. The van der Waals surface area contributed by atoms with Crippen LogP contribution in [0.25, 0.3) is 11.3 Å². The first-order valence-electron chi connectivity index (χ1n) is 7.44. The number of pyridine rings is 1. The van der Waals surface area contributed by atoms with E-state index in [9.17, 15) is 18.0 Å². The number of carboxylic acid groups (broad SMARTS) is 1. The third-order valence-electron chi connectivity index (χ3n) is 4.06. The van der Waals surface area contributed by atoms with E-state index in [-0.39, 0.29) is 5.92 Å². The molecule has 1 aromatic heterocycles. The number of rotatable bonds is 3. The number of aromatic carboxylic acids is 1. The number of benzene rings is 1. The molecule has 4 nitrogen and oxygen atoms in total. The molecule has 126 valence electrons. The second-order valence-electron chi connectivity index (χ2n) is 5.58. The van der Waals surface area contributed by atoms with Crippen molar-refractivity contribution in [3.8, 4) is 11.3 Å². The number of hydrogen-bond acceptors (Lipinski definition) is 3. The Morgan fingerprint density at radius 2 is 1.71 bits per heavy atom. The molecule has 2 aromatic rings. The van der Waals surface area contributed by atoms with Crippen molar-refractivity contribution in [1.82, 2.24) is 4.98 Å². The second-order valence-corrected chi connectivity index (χ2v) is 5.58. The molecule has 1 saturated heterocycles. The number of hydrogen-bond donors (Lipinski definition) is 1. The highest BCUT2D eigenvalue weighted by molar-refractivity contribution is 5.86. The number of carboxylic acids is 1. The highest BCUT2D eigenvalue weighted by Gasteiger charge is 2.23. The molecular weight excluding hydrogens is 323 g/mol. The average molecular weight is 337 g/mol. The van der Waals surface area contributed by atoms with Crippen LogP contribution in [0.15, 0.2) is 24.3 Å². The highest BCUT2D eigenvalue weighted by atomic mass is 19.1. The standard InChI is InChI=1S/C17H14F3NO3/c18-11-1-2-14(17(22)23)21-16(11)15-12(19)7-10(8-13(15)20)9-3-5-24-6-4-9/h1-2,7-9H,3-6H2,(H,22,23). The van der Waals surface area contributed by atoms with E-state index in [0.717, 1.165) is 24.3 Å². The van der Waals surface area contributed by atoms with Crippen molar-refractivity contribution in [3.05, 3.63) is 53.0 Å². The summed E-state index contributed by atoms with van der Waals surface area (Å²) in [5, 5.41) is 8.92. The molecule has 0 unspecified atom stereocenters. The van der Waals surface area contributed by atoms with Gasteiger partial charge in [-0.3, -0.25) is 0 Å². The lowest BCUT2D eigenvalue weighted by Gasteiger charge is -2.23. The third kappa shape index (κ3) is 3.12. The Kier molecular flexibility index (Phi) is 4.53. The van der Waals surface area contributed by atoms with Gasteiger partial charge >= 0.3 is 5.97 Å². The molecule has 0 aliphatic carbocycles. The van der Waals surface area contributed by atoms with Crippen molar-refractivity contribution in [2.45, 2.75) is 18.8 Å². The van der Waals surface area contributed by atoms with Crippen LogP contribution in [0.5, 0.6) is 0 Å². The predicted molar refractivity (Wildman–Crippen MR) is 79.3 cm³/mol. The van der Waals surface area contributed by atoms with E-state index in [0.29, 0.717) is 31.6 Å². The van der Waals surface area contributed by atoms with E-state index < -0.39 is 40.4 Å². The van der Waals surface area contributed by atoms with Crippen LogP contribution in [0, 0.1) is 17.5 Å². The molecule has 0 atom stereocenters. The Morgan fingerprint density at radius 1 is 1.08 bits per heavy atom. The van der Waals surface area contributed by atoms with Gasteiger partial charge in [0.2, 0.25) is 0 Å². The normalized spacial score (nSPS) is 15.5. The van der Waals surface area contributed by atoms with E-state index in [1.165, 1.54) is 0 Å². The SMILES string of the molecule is O=C(O)c1ccc(F)c(-c2c(F)cc(C3CCOCC3)cc2F)n1. The van der Waals surface area contributed by atoms with Crippen molar-refractivity contribution in [1.29, 1.82) is 0 Å². The number of ether oxygens (including phenoxy) is 1. The van der Waals surface area contributed by atoms with Crippen LogP contribution in [0.4, 0.5) is 13.2 Å². The molecule has 3 rings (SSSR count). The molecule has 1 fully saturated rings. The molecule has 24 heavy (non-hydrogen) atoms. The zero-order chi connectivity index (χ0) is 17.3. The monoisotopic (exact) mass is 337 g/mol. The molecule has 1 aliphatic heterocycles. The number of carbonyl (C=O) groups is 1. The summed E-state index contributed by atoms with van der Waals surface area (Å²) in [6.07, 6.45) is 1.30. The van der Waals surface area contributed by atoms with E-state index in [1.807, 2.05) is 0 Å². The zero-order valence-corrected chi connectivity index (χ0v) is 12.6. The van der Waals surface area contributed by atoms with Gasteiger partial charge in [-0.2, -0.15) is 0 Å². The first-order chi connectivity index (χ1) is 11.5. The fraction of sp³-hybridized carbons (Fsp3) is 0.294. The summed E-state index contributed by atoms with van der Waals surface area (Å²) in [6, 6.07) is 4.08. The topological polar surface area (TPSA) is 59.4 Å². The van der Waals surface area contributed by atoms with E-state index in [1.54, 1.807) is 0 Å². The molecule has 0 saturated carbocycles. The molecule has 1 N–H and O–H groups in total. The van der Waals surface area contributed by atoms with Crippen LogP contribution in [0.1, 0.15) is 34.8 Å². The second kappa shape index (κ2) is 6.60. The van der Waals surface area contributed by atoms with Crippen LogP contribution in [0.2, 0.25) is 0 Å². The molecule has 0 bridgehead atoms. The largest absolute Gasteiger partial charge is 0.477 e. The van der Waals surface area contributed by atoms with Gasteiger partial charge in [-0.25, -0.2) is 22.9 Å². The predicted octanol–water partition coefficient (Wildman–Crippen LogP) is 3.76. The van der Waals surface area contributed by atoms with Crippen molar-refractivity contribution >= 4 is 5.97 Å². The summed E-state index contributed by atoms with van der Waals surface area (Å²) in [4.78, 5) is 14.5. The maximum atomic E-state index is 14.4. The van der Waals surface area contributed by atoms with E-state index >= 15 is 0 Å². The molecule has 1 aliphatic rings.